The molecule has 0 unspecified atom stereocenters. The summed E-state index contributed by atoms with van der Waals surface area (Å²) >= 11 is 6.24. The Labute approximate surface area is 125 Å². The Kier molecular flexibility index (Phi) is 7.59. The summed E-state index contributed by atoms with van der Waals surface area (Å²) in [6.45, 7) is 7.02. The van der Waals surface area contributed by atoms with Gasteiger partial charge in [0.1, 0.15) is 0 Å². The normalized spacial score (nSPS) is 10.8. The zero-order valence-electron chi connectivity index (χ0n) is 12.1. The SMILES string of the molecule is CCOC(=O)Cc1ccc(C(OCC)OCC)c(Cl)c1. The second-order valence-electron chi connectivity index (χ2n) is 4.08. The molecule has 0 atom stereocenters. The molecule has 0 aliphatic heterocycles. The van der Waals surface area contributed by atoms with Crippen LogP contribution >= 0.6 is 11.6 Å². The maximum absolute atomic E-state index is 11.4. The van der Waals surface area contributed by atoms with Crippen molar-refractivity contribution >= 4 is 17.6 Å². The summed E-state index contributed by atoms with van der Waals surface area (Å²) in [5.74, 6) is -0.262. The van der Waals surface area contributed by atoms with Crippen molar-refractivity contribution in [2.45, 2.75) is 33.5 Å². The lowest BCUT2D eigenvalue weighted by molar-refractivity contribution is -0.142. The van der Waals surface area contributed by atoms with Gasteiger partial charge in [0.05, 0.1) is 13.0 Å². The number of halogens is 1. The van der Waals surface area contributed by atoms with Gasteiger partial charge in [0.15, 0.2) is 6.29 Å². The number of benzene rings is 1. The molecule has 0 aromatic heterocycles. The van der Waals surface area contributed by atoms with Gasteiger partial charge in [-0.3, -0.25) is 4.79 Å². The van der Waals surface area contributed by atoms with Crippen LogP contribution in [0.1, 0.15) is 38.2 Å². The molecule has 20 heavy (non-hydrogen) atoms. The lowest BCUT2D eigenvalue weighted by atomic mass is 10.1. The molecule has 0 heterocycles. The fourth-order valence-electron chi connectivity index (χ4n) is 1.78. The van der Waals surface area contributed by atoms with Gasteiger partial charge in [-0.25, -0.2) is 0 Å². The van der Waals surface area contributed by atoms with E-state index in [1.165, 1.54) is 0 Å². The second kappa shape index (κ2) is 8.95. The van der Waals surface area contributed by atoms with Crippen molar-refractivity contribution in [1.82, 2.24) is 0 Å². The molecule has 4 nitrogen and oxygen atoms in total. The molecule has 0 N–H and O–H groups in total. The van der Waals surface area contributed by atoms with Crippen molar-refractivity contribution in [3.8, 4) is 0 Å². The summed E-state index contributed by atoms with van der Waals surface area (Å²) < 4.78 is 15.9. The Morgan fingerprint density at radius 3 is 2.30 bits per heavy atom. The first-order chi connectivity index (χ1) is 9.62. The monoisotopic (exact) mass is 300 g/mol. The van der Waals surface area contributed by atoms with Crippen LogP contribution in [-0.2, 0) is 25.4 Å². The Hall–Kier alpha value is -1.10. The molecule has 0 saturated heterocycles. The van der Waals surface area contributed by atoms with Crippen LogP contribution in [0.25, 0.3) is 0 Å². The molecule has 5 heteroatoms. The van der Waals surface area contributed by atoms with Gasteiger partial charge in [0.25, 0.3) is 0 Å². The van der Waals surface area contributed by atoms with Gasteiger partial charge in [-0.1, -0.05) is 23.7 Å². The summed E-state index contributed by atoms with van der Waals surface area (Å²) in [5, 5.41) is 0.527. The molecule has 1 aromatic rings. The fourth-order valence-corrected chi connectivity index (χ4v) is 2.07. The van der Waals surface area contributed by atoms with E-state index in [2.05, 4.69) is 0 Å². The molecule has 0 bridgehead atoms. The van der Waals surface area contributed by atoms with E-state index >= 15 is 0 Å². The highest BCUT2D eigenvalue weighted by atomic mass is 35.5. The minimum Gasteiger partial charge on any atom is -0.466 e. The lowest BCUT2D eigenvalue weighted by Gasteiger charge is -2.18. The van der Waals surface area contributed by atoms with Crippen LogP contribution in [0.5, 0.6) is 0 Å². The average Bonchev–Trinajstić information content (AvgIpc) is 2.39. The van der Waals surface area contributed by atoms with Crippen molar-refractivity contribution in [2.24, 2.45) is 0 Å². The number of hydrogen-bond donors (Lipinski definition) is 0. The number of ether oxygens (including phenoxy) is 3. The number of rotatable bonds is 8. The summed E-state index contributed by atoms with van der Waals surface area (Å²) in [4.78, 5) is 11.4. The van der Waals surface area contributed by atoms with Crippen LogP contribution in [0.15, 0.2) is 18.2 Å². The van der Waals surface area contributed by atoms with E-state index in [1.807, 2.05) is 26.0 Å². The van der Waals surface area contributed by atoms with Crippen LogP contribution in [-0.4, -0.2) is 25.8 Å². The van der Waals surface area contributed by atoms with Crippen LogP contribution in [0, 0.1) is 0 Å². The Morgan fingerprint density at radius 2 is 1.80 bits per heavy atom. The maximum atomic E-state index is 11.4. The quantitative estimate of drug-likeness (QED) is 0.544. The van der Waals surface area contributed by atoms with Gasteiger partial charge in [0, 0.05) is 23.8 Å². The van der Waals surface area contributed by atoms with Crippen LogP contribution in [0.4, 0.5) is 0 Å². The van der Waals surface area contributed by atoms with Gasteiger partial charge in [-0.05, 0) is 32.4 Å². The largest absolute Gasteiger partial charge is 0.466 e. The van der Waals surface area contributed by atoms with Crippen molar-refractivity contribution in [3.63, 3.8) is 0 Å². The highest BCUT2D eigenvalue weighted by molar-refractivity contribution is 6.31. The first-order valence-electron chi connectivity index (χ1n) is 6.79. The summed E-state index contributed by atoms with van der Waals surface area (Å²) in [5.41, 5.74) is 1.58. The third-order valence-electron chi connectivity index (χ3n) is 2.61. The number of carbonyl (C=O) groups excluding carboxylic acids is 1. The molecular weight excluding hydrogens is 280 g/mol. The molecule has 0 amide bonds. The van der Waals surface area contributed by atoms with E-state index in [0.29, 0.717) is 24.8 Å². The molecule has 112 valence electrons. The molecule has 0 saturated carbocycles. The minimum atomic E-state index is -0.478. The molecule has 0 radical (unpaired) electrons. The van der Waals surface area contributed by atoms with E-state index in [-0.39, 0.29) is 12.4 Å². The van der Waals surface area contributed by atoms with Crippen molar-refractivity contribution in [2.75, 3.05) is 19.8 Å². The van der Waals surface area contributed by atoms with E-state index in [4.69, 9.17) is 25.8 Å². The molecule has 0 spiro atoms. The zero-order valence-corrected chi connectivity index (χ0v) is 12.9. The second-order valence-corrected chi connectivity index (χ2v) is 4.49. The predicted molar refractivity (Wildman–Crippen MR) is 77.8 cm³/mol. The lowest BCUT2D eigenvalue weighted by Crippen LogP contribution is -2.11. The van der Waals surface area contributed by atoms with Gasteiger partial charge in [-0.2, -0.15) is 0 Å². The van der Waals surface area contributed by atoms with E-state index in [9.17, 15) is 4.79 Å². The van der Waals surface area contributed by atoms with E-state index < -0.39 is 6.29 Å². The van der Waals surface area contributed by atoms with Crippen molar-refractivity contribution in [3.05, 3.63) is 34.3 Å². The molecule has 0 fully saturated rings. The van der Waals surface area contributed by atoms with Crippen molar-refractivity contribution in [1.29, 1.82) is 0 Å². The summed E-state index contributed by atoms with van der Waals surface area (Å²) in [7, 11) is 0. The summed E-state index contributed by atoms with van der Waals surface area (Å²) in [6.07, 6.45) is -0.268. The van der Waals surface area contributed by atoms with Gasteiger partial charge in [0.2, 0.25) is 0 Å². The molecule has 1 aromatic carbocycles. The fraction of sp³-hybridized carbons (Fsp3) is 0.533. The predicted octanol–water partition coefficient (Wildman–Crippen LogP) is 3.52. The standard InChI is InChI=1S/C15H21ClO4/c1-4-18-14(17)10-11-7-8-12(13(16)9-11)15(19-5-2)20-6-3/h7-9,15H,4-6,10H2,1-3H3. The van der Waals surface area contributed by atoms with Gasteiger partial charge >= 0.3 is 5.97 Å². The van der Waals surface area contributed by atoms with Crippen LogP contribution in [0.3, 0.4) is 0 Å². The minimum absolute atomic E-state index is 0.210. The van der Waals surface area contributed by atoms with Crippen molar-refractivity contribution < 1.29 is 19.0 Å². The topological polar surface area (TPSA) is 44.8 Å². The first kappa shape index (κ1) is 17.0. The highest BCUT2D eigenvalue weighted by Gasteiger charge is 2.16. The van der Waals surface area contributed by atoms with E-state index in [1.54, 1.807) is 13.0 Å². The Bertz CT molecular complexity index is 428. The van der Waals surface area contributed by atoms with Crippen LogP contribution < -0.4 is 0 Å². The van der Waals surface area contributed by atoms with Gasteiger partial charge < -0.3 is 14.2 Å². The molecule has 1 rings (SSSR count). The summed E-state index contributed by atoms with van der Waals surface area (Å²) in [6, 6.07) is 5.41. The Balaban J connectivity index is 2.83. The maximum Gasteiger partial charge on any atom is 0.310 e. The number of hydrogen-bond acceptors (Lipinski definition) is 4. The first-order valence-corrected chi connectivity index (χ1v) is 7.17. The molecule has 0 aliphatic carbocycles. The molecule has 0 aliphatic rings. The molecular formula is C15H21ClO4. The average molecular weight is 301 g/mol. The highest BCUT2D eigenvalue weighted by Crippen LogP contribution is 2.28. The number of carbonyl (C=O) groups is 1. The Morgan fingerprint density at radius 1 is 1.15 bits per heavy atom. The smallest absolute Gasteiger partial charge is 0.310 e. The van der Waals surface area contributed by atoms with Crippen LogP contribution in [0.2, 0.25) is 5.02 Å². The third-order valence-corrected chi connectivity index (χ3v) is 2.94. The van der Waals surface area contributed by atoms with Gasteiger partial charge in [-0.15, -0.1) is 0 Å². The van der Waals surface area contributed by atoms with E-state index in [0.717, 1.165) is 11.1 Å². The number of esters is 1. The third kappa shape index (κ3) is 5.12. The zero-order chi connectivity index (χ0) is 15.0.